The van der Waals surface area contributed by atoms with Gasteiger partial charge in [0.25, 0.3) is 0 Å². The molecule has 5 heteroatoms. The van der Waals surface area contributed by atoms with Crippen LogP contribution in [0.3, 0.4) is 0 Å². The topological polar surface area (TPSA) is 70.6 Å². The number of phenols is 1. The number of likely N-dealkylation sites (N-methyl/N-ethyl adjacent to an activating group) is 1. The number of aromatic hydroxyl groups is 1. The number of hydrogen-bond donors (Lipinski definition) is 3. The molecule has 1 heterocycles. The van der Waals surface area contributed by atoms with Crippen molar-refractivity contribution in [1.82, 2.24) is 5.32 Å². The number of amides is 1. The minimum absolute atomic E-state index is 0.0623. The first-order valence-corrected chi connectivity index (χ1v) is 6.11. The Bertz CT molecular complexity index is 422. The predicted octanol–water partition coefficient (Wildman–Crippen LogP) is 0.955. The molecule has 0 aliphatic carbocycles. The summed E-state index contributed by atoms with van der Waals surface area (Å²) in [5.41, 5.74) is 0.599. The molecule has 2 atom stereocenters. The van der Waals surface area contributed by atoms with Crippen molar-refractivity contribution in [3.8, 4) is 5.75 Å². The van der Waals surface area contributed by atoms with Gasteiger partial charge in [-0.1, -0.05) is 13.0 Å². The SMILES string of the molecule is CCNC1COCC1C(=O)Nc1cccc(O)c1. The smallest absolute Gasteiger partial charge is 0.231 e. The van der Waals surface area contributed by atoms with Gasteiger partial charge in [-0.05, 0) is 18.7 Å². The van der Waals surface area contributed by atoms with Gasteiger partial charge in [-0.2, -0.15) is 0 Å². The molecule has 0 spiro atoms. The first-order chi connectivity index (χ1) is 8.70. The molecule has 0 bridgehead atoms. The highest BCUT2D eigenvalue weighted by atomic mass is 16.5. The molecule has 3 N–H and O–H groups in total. The molecule has 1 aromatic carbocycles. The maximum atomic E-state index is 12.1. The van der Waals surface area contributed by atoms with E-state index in [1.165, 1.54) is 6.07 Å². The monoisotopic (exact) mass is 250 g/mol. The van der Waals surface area contributed by atoms with E-state index in [1.807, 2.05) is 6.92 Å². The third-order valence-corrected chi connectivity index (χ3v) is 3.00. The third kappa shape index (κ3) is 3.00. The molecule has 1 saturated heterocycles. The van der Waals surface area contributed by atoms with Crippen LogP contribution in [0.1, 0.15) is 6.92 Å². The van der Waals surface area contributed by atoms with Crippen molar-refractivity contribution >= 4 is 11.6 Å². The lowest BCUT2D eigenvalue weighted by molar-refractivity contribution is -0.120. The van der Waals surface area contributed by atoms with E-state index in [0.29, 0.717) is 18.9 Å². The van der Waals surface area contributed by atoms with Crippen LogP contribution in [0.2, 0.25) is 0 Å². The van der Waals surface area contributed by atoms with E-state index in [9.17, 15) is 9.90 Å². The number of anilines is 1. The minimum atomic E-state index is -0.188. The van der Waals surface area contributed by atoms with Crippen LogP contribution < -0.4 is 10.6 Å². The van der Waals surface area contributed by atoms with Crippen LogP contribution in [-0.2, 0) is 9.53 Å². The number of carbonyl (C=O) groups excluding carboxylic acids is 1. The Balaban J connectivity index is 1.99. The molecule has 1 aromatic rings. The zero-order chi connectivity index (χ0) is 13.0. The molecule has 2 unspecified atom stereocenters. The maximum absolute atomic E-state index is 12.1. The molecule has 1 amide bonds. The van der Waals surface area contributed by atoms with Gasteiger partial charge in [0.1, 0.15) is 5.75 Å². The Hall–Kier alpha value is -1.59. The van der Waals surface area contributed by atoms with Gasteiger partial charge in [-0.3, -0.25) is 4.79 Å². The first-order valence-electron chi connectivity index (χ1n) is 6.11. The molecule has 18 heavy (non-hydrogen) atoms. The van der Waals surface area contributed by atoms with Crippen LogP contribution in [-0.4, -0.2) is 36.8 Å². The van der Waals surface area contributed by atoms with Crippen LogP contribution in [0.25, 0.3) is 0 Å². The highest BCUT2D eigenvalue weighted by molar-refractivity contribution is 5.93. The number of hydrogen-bond acceptors (Lipinski definition) is 4. The molecule has 1 aliphatic rings. The quantitative estimate of drug-likeness (QED) is 0.744. The summed E-state index contributed by atoms with van der Waals surface area (Å²) in [5, 5.41) is 15.4. The van der Waals surface area contributed by atoms with E-state index in [-0.39, 0.29) is 23.6 Å². The maximum Gasteiger partial charge on any atom is 0.231 e. The molecule has 0 saturated carbocycles. The summed E-state index contributed by atoms with van der Waals surface area (Å²) in [6.45, 7) is 3.81. The normalized spacial score (nSPS) is 22.9. The lowest BCUT2D eigenvalue weighted by Gasteiger charge is -2.17. The number of nitrogens with one attached hydrogen (secondary N) is 2. The molecule has 98 valence electrons. The summed E-state index contributed by atoms with van der Waals surface area (Å²) < 4.78 is 5.33. The molecule has 0 aromatic heterocycles. The second-order valence-corrected chi connectivity index (χ2v) is 4.35. The largest absolute Gasteiger partial charge is 0.508 e. The van der Waals surface area contributed by atoms with Crippen LogP contribution in [0.15, 0.2) is 24.3 Å². The number of benzene rings is 1. The minimum Gasteiger partial charge on any atom is -0.508 e. The second kappa shape index (κ2) is 5.84. The van der Waals surface area contributed by atoms with Crippen molar-refractivity contribution in [3.63, 3.8) is 0 Å². The van der Waals surface area contributed by atoms with E-state index in [2.05, 4.69) is 10.6 Å². The summed E-state index contributed by atoms with van der Waals surface area (Å²) in [5.74, 6) is -0.130. The van der Waals surface area contributed by atoms with Gasteiger partial charge < -0.3 is 20.5 Å². The van der Waals surface area contributed by atoms with Crippen molar-refractivity contribution in [2.24, 2.45) is 5.92 Å². The first kappa shape index (κ1) is 12.9. The molecule has 5 nitrogen and oxygen atoms in total. The third-order valence-electron chi connectivity index (χ3n) is 3.00. The molecule has 1 aliphatic heterocycles. The standard InChI is InChI=1S/C13H18N2O3/c1-2-14-12-8-18-7-11(12)13(17)15-9-4-3-5-10(16)6-9/h3-6,11-12,14,16H,2,7-8H2,1H3,(H,15,17). The Morgan fingerprint density at radius 2 is 2.33 bits per heavy atom. The zero-order valence-electron chi connectivity index (χ0n) is 10.3. The number of rotatable bonds is 4. The second-order valence-electron chi connectivity index (χ2n) is 4.35. The van der Waals surface area contributed by atoms with Gasteiger partial charge in [0.15, 0.2) is 0 Å². The fraction of sp³-hybridized carbons (Fsp3) is 0.462. The fourth-order valence-corrected chi connectivity index (χ4v) is 2.09. The van der Waals surface area contributed by atoms with E-state index in [1.54, 1.807) is 18.2 Å². The lowest BCUT2D eigenvalue weighted by Crippen LogP contribution is -2.41. The molecule has 1 fully saturated rings. The highest BCUT2D eigenvalue weighted by Gasteiger charge is 2.33. The fourth-order valence-electron chi connectivity index (χ4n) is 2.09. The number of phenolic OH excluding ortho intramolecular Hbond substituents is 1. The van der Waals surface area contributed by atoms with Crippen molar-refractivity contribution in [2.45, 2.75) is 13.0 Å². The lowest BCUT2D eigenvalue weighted by atomic mass is 10.0. The van der Waals surface area contributed by atoms with Crippen molar-refractivity contribution in [2.75, 3.05) is 25.1 Å². The van der Waals surface area contributed by atoms with Gasteiger partial charge in [-0.25, -0.2) is 0 Å². The van der Waals surface area contributed by atoms with E-state index < -0.39 is 0 Å². The average Bonchev–Trinajstić information content (AvgIpc) is 2.78. The van der Waals surface area contributed by atoms with Gasteiger partial charge in [0.05, 0.1) is 19.1 Å². The summed E-state index contributed by atoms with van der Waals surface area (Å²) >= 11 is 0. The van der Waals surface area contributed by atoms with Crippen LogP contribution in [0.4, 0.5) is 5.69 Å². The summed E-state index contributed by atoms with van der Waals surface area (Å²) in [7, 11) is 0. The molecular weight excluding hydrogens is 232 g/mol. The van der Waals surface area contributed by atoms with E-state index in [4.69, 9.17) is 4.74 Å². The predicted molar refractivity (Wildman–Crippen MR) is 68.5 cm³/mol. The van der Waals surface area contributed by atoms with Gasteiger partial charge in [-0.15, -0.1) is 0 Å². The van der Waals surface area contributed by atoms with Crippen molar-refractivity contribution in [3.05, 3.63) is 24.3 Å². The Kier molecular flexibility index (Phi) is 4.17. The zero-order valence-corrected chi connectivity index (χ0v) is 10.3. The Morgan fingerprint density at radius 3 is 3.06 bits per heavy atom. The summed E-state index contributed by atoms with van der Waals surface area (Å²) in [6.07, 6.45) is 0. The van der Waals surface area contributed by atoms with Crippen molar-refractivity contribution in [1.29, 1.82) is 0 Å². The molecule has 2 rings (SSSR count). The summed E-state index contributed by atoms with van der Waals surface area (Å²) in [6, 6.07) is 6.59. The van der Waals surface area contributed by atoms with Gasteiger partial charge >= 0.3 is 0 Å². The summed E-state index contributed by atoms with van der Waals surface area (Å²) in [4.78, 5) is 12.1. The van der Waals surface area contributed by atoms with Crippen LogP contribution in [0, 0.1) is 5.92 Å². The molecule has 0 radical (unpaired) electrons. The number of ether oxygens (including phenoxy) is 1. The van der Waals surface area contributed by atoms with Crippen molar-refractivity contribution < 1.29 is 14.6 Å². The van der Waals surface area contributed by atoms with Crippen LogP contribution >= 0.6 is 0 Å². The van der Waals surface area contributed by atoms with E-state index >= 15 is 0 Å². The van der Waals surface area contributed by atoms with Gasteiger partial charge in [0, 0.05) is 17.8 Å². The van der Waals surface area contributed by atoms with Gasteiger partial charge in [0.2, 0.25) is 5.91 Å². The average molecular weight is 250 g/mol. The molecular formula is C13H18N2O3. The van der Waals surface area contributed by atoms with Crippen LogP contribution in [0.5, 0.6) is 5.75 Å². The number of carbonyl (C=O) groups is 1. The highest BCUT2D eigenvalue weighted by Crippen LogP contribution is 2.19. The van der Waals surface area contributed by atoms with E-state index in [0.717, 1.165) is 6.54 Å². The Morgan fingerprint density at radius 1 is 1.50 bits per heavy atom. The Labute approximate surface area is 106 Å².